The van der Waals surface area contributed by atoms with Crippen molar-refractivity contribution < 1.29 is 38.1 Å². The fourth-order valence-corrected chi connectivity index (χ4v) is 3.62. The molecule has 0 radical (unpaired) electrons. The van der Waals surface area contributed by atoms with Gasteiger partial charge in [-0.05, 0) is 25.7 Å². The molecule has 0 atom stereocenters. The van der Waals surface area contributed by atoms with E-state index in [1.807, 2.05) is 0 Å². The Morgan fingerprint density at radius 3 is 1.31 bits per heavy atom. The van der Waals surface area contributed by atoms with E-state index in [0.29, 0.717) is 25.7 Å². The Balaban J connectivity index is 5.50. The predicted octanol–water partition coefficient (Wildman–Crippen LogP) is 6.22. The lowest BCUT2D eigenvalue weighted by Gasteiger charge is -2.30. The Kier molecular flexibility index (Phi) is 20.8. The largest absolute Gasteiger partial charge is 0.466 e. The molecule has 0 aromatic heterocycles. The molecule has 0 N–H and O–H groups in total. The van der Waals surface area contributed by atoms with Crippen LogP contribution in [0.4, 0.5) is 0 Å². The third-order valence-corrected chi connectivity index (χ3v) is 5.75. The number of hydrogen-bond acceptors (Lipinski definition) is 8. The number of rotatable bonds is 23. The zero-order valence-corrected chi connectivity index (χ0v) is 23.2. The molecule has 0 unspecified atom stereocenters. The summed E-state index contributed by atoms with van der Waals surface area (Å²) in [4.78, 5) is 51.1. The van der Waals surface area contributed by atoms with Crippen LogP contribution in [0.5, 0.6) is 0 Å². The van der Waals surface area contributed by atoms with Crippen LogP contribution in [0.25, 0.3) is 0 Å². The highest BCUT2D eigenvalue weighted by molar-refractivity contribution is 5.92. The van der Waals surface area contributed by atoms with Gasteiger partial charge >= 0.3 is 23.9 Å². The molecule has 8 heteroatoms. The summed E-state index contributed by atoms with van der Waals surface area (Å²) in [6.07, 6.45) is 10.3. The normalized spacial score (nSPS) is 11.1. The van der Waals surface area contributed by atoms with E-state index in [1.165, 1.54) is 0 Å². The topological polar surface area (TPSA) is 105 Å². The predicted molar refractivity (Wildman–Crippen MR) is 138 cm³/mol. The monoisotopic (exact) mass is 514 g/mol. The highest BCUT2D eigenvalue weighted by Crippen LogP contribution is 2.27. The Labute approximate surface area is 218 Å². The van der Waals surface area contributed by atoms with E-state index in [0.717, 1.165) is 57.8 Å². The fraction of sp³-hybridized carbons (Fsp3) is 0.857. The molecule has 0 aliphatic carbocycles. The van der Waals surface area contributed by atoms with Gasteiger partial charge in [0.15, 0.2) is 0 Å². The van der Waals surface area contributed by atoms with Crippen molar-refractivity contribution in [1.82, 2.24) is 0 Å². The van der Waals surface area contributed by atoms with Crippen molar-refractivity contribution in [3.63, 3.8) is 0 Å². The third kappa shape index (κ3) is 16.5. The van der Waals surface area contributed by atoms with Gasteiger partial charge in [-0.3, -0.25) is 14.4 Å². The zero-order valence-electron chi connectivity index (χ0n) is 23.2. The van der Waals surface area contributed by atoms with Gasteiger partial charge in [-0.1, -0.05) is 85.5 Å². The summed E-state index contributed by atoms with van der Waals surface area (Å²) in [6.45, 7) is 8.56. The minimum atomic E-state index is -2.10. The molecule has 0 saturated heterocycles. The number of ether oxygens (including phenoxy) is 4. The summed E-state index contributed by atoms with van der Waals surface area (Å²) in [6, 6.07) is 0. The average Bonchev–Trinajstić information content (AvgIpc) is 2.83. The van der Waals surface area contributed by atoms with Crippen molar-refractivity contribution in [2.45, 2.75) is 136 Å². The van der Waals surface area contributed by atoms with Crippen LogP contribution in [0, 0.1) is 0 Å². The van der Waals surface area contributed by atoms with Gasteiger partial charge in [0.05, 0.1) is 32.7 Å². The summed E-state index contributed by atoms with van der Waals surface area (Å²) >= 11 is 0. The Morgan fingerprint density at radius 2 is 0.917 bits per heavy atom. The van der Waals surface area contributed by atoms with Crippen LogP contribution in [0.1, 0.15) is 130 Å². The van der Waals surface area contributed by atoms with Gasteiger partial charge in [-0.2, -0.15) is 0 Å². The van der Waals surface area contributed by atoms with Gasteiger partial charge in [0.25, 0.3) is 0 Å². The minimum absolute atomic E-state index is 0.0453. The van der Waals surface area contributed by atoms with Crippen molar-refractivity contribution in [3.05, 3.63) is 0 Å². The van der Waals surface area contributed by atoms with Gasteiger partial charge in [0.1, 0.15) is 0 Å². The maximum atomic E-state index is 13.2. The molecule has 8 nitrogen and oxygen atoms in total. The van der Waals surface area contributed by atoms with Gasteiger partial charge < -0.3 is 18.9 Å². The third-order valence-electron chi connectivity index (χ3n) is 5.75. The van der Waals surface area contributed by atoms with E-state index >= 15 is 0 Å². The van der Waals surface area contributed by atoms with Gasteiger partial charge in [0, 0.05) is 6.42 Å². The molecule has 0 heterocycles. The summed E-state index contributed by atoms with van der Waals surface area (Å²) in [5, 5.41) is 0. The van der Waals surface area contributed by atoms with E-state index in [9.17, 15) is 19.2 Å². The van der Waals surface area contributed by atoms with Crippen LogP contribution in [0.3, 0.4) is 0 Å². The van der Waals surface area contributed by atoms with Crippen LogP contribution in [-0.2, 0) is 38.1 Å². The van der Waals surface area contributed by atoms with Crippen molar-refractivity contribution in [1.29, 1.82) is 0 Å². The van der Waals surface area contributed by atoms with Crippen LogP contribution >= 0.6 is 0 Å². The summed E-state index contributed by atoms with van der Waals surface area (Å²) in [5.74, 6) is -3.01. The number of unbranched alkanes of at least 4 members (excludes halogenated alkanes) is 9. The number of esters is 4. The van der Waals surface area contributed by atoms with E-state index in [-0.39, 0.29) is 26.2 Å². The smallest absolute Gasteiger partial charge is 0.351 e. The van der Waals surface area contributed by atoms with Crippen LogP contribution < -0.4 is 0 Å². The molecule has 0 aliphatic heterocycles. The molecule has 36 heavy (non-hydrogen) atoms. The van der Waals surface area contributed by atoms with E-state index in [2.05, 4.69) is 20.8 Å². The highest BCUT2D eigenvalue weighted by Gasteiger charge is 2.49. The van der Waals surface area contributed by atoms with Crippen LogP contribution in [0.15, 0.2) is 0 Å². The number of carbonyl (C=O) groups is 4. The first-order chi connectivity index (χ1) is 17.3. The van der Waals surface area contributed by atoms with Crippen LogP contribution in [0.2, 0.25) is 0 Å². The summed E-state index contributed by atoms with van der Waals surface area (Å²) < 4.78 is 21.6. The average molecular weight is 515 g/mol. The minimum Gasteiger partial charge on any atom is -0.466 e. The molecule has 0 spiro atoms. The van der Waals surface area contributed by atoms with E-state index in [1.54, 1.807) is 6.92 Å². The van der Waals surface area contributed by atoms with Crippen LogP contribution in [-0.4, -0.2) is 49.3 Å². The van der Waals surface area contributed by atoms with Gasteiger partial charge in [-0.25, -0.2) is 4.79 Å². The van der Waals surface area contributed by atoms with E-state index < -0.39 is 42.3 Å². The maximum Gasteiger partial charge on any atom is 0.351 e. The van der Waals surface area contributed by atoms with Crippen molar-refractivity contribution in [2.75, 3.05) is 19.8 Å². The highest BCUT2D eigenvalue weighted by atomic mass is 16.6. The van der Waals surface area contributed by atoms with Gasteiger partial charge in [0.2, 0.25) is 5.60 Å². The molecule has 0 fully saturated rings. The maximum absolute atomic E-state index is 13.2. The second kappa shape index (κ2) is 22.1. The van der Waals surface area contributed by atoms with E-state index in [4.69, 9.17) is 18.9 Å². The lowest BCUT2D eigenvalue weighted by atomic mass is 9.94. The molecular weight excluding hydrogens is 464 g/mol. The molecule has 0 bridgehead atoms. The Bertz CT molecular complexity index is 589. The first kappa shape index (κ1) is 33.9. The molecule has 0 aromatic carbocycles. The summed E-state index contributed by atoms with van der Waals surface area (Å²) in [5.41, 5.74) is -2.10. The molecule has 0 aromatic rings. The molecule has 0 rings (SSSR count). The number of carbonyl (C=O) groups excluding carboxylic acids is 4. The molecule has 210 valence electrons. The molecular formula is C28H50O8. The lowest BCUT2D eigenvalue weighted by Crippen LogP contribution is -2.48. The second-order valence-electron chi connectivity index (χ2n) is 9.33. The molecule has 0 aliphatic rings. The first-order valence-corrected chi connectivity index (χ1v) is 14.0. The summed E-state index contributed by atoms with van der Waals surface area (Å²) in [7, 11) is 0. The number of hydrogen-bond donors (Lipinski definition) is 0. The van der Waals surface area contributed by atoms with Crippen molar-refractivity contribution >= 4 is 23.9 Å². The first-order valence-electron chi connectivity index (χ1n) is 14.0. The SMILES string of the molecule is CCCCCCOC(=O)CC(CC(=O)OCCCCCC)(OC(=O)CCC)C(=O)OCCCCCC. The van der Waals surface area contributed by atoms with Crippen molar-refractivity contribution in [2.24, 2.45) is 0 Å². The molecule has 0 amide bonds. The zero-order chi connectivity index (χ0) is 27.1. The quantitative estimate of drug-likeness (QED) is 0.0899. The standard InChI is InChI=1S/C28H50O8/c1-5-9-12-15-19-33-25(30)22-28(36-24(29)18-8-4,27(32)35-21-17-14-11-7-3)23-26(31)34-20-16-13-10-6-2/h5-23H2,1-4H3. The fourth-order valence-electron chi connectivity index (χ4n) is 3.62. The lowest BCUT2D eigenvalue weighted by molar-refractivity contribution is -0.191. The van der Waals surface area contributed by atoms with Crippen molar-refractivity contribution in [3.8, 4) is 0 Å². The van der Waals surface area contributed by atoms with Gasteiger partial charge in [-0.15, -0.1) is 0 Å². The Hall–Kier alpha value is -2.12. The second-order valence-corrected chi connectivity index (χ2v) is 9.33. The Morgan fingerprint density at radius 1 is 0.500 bits per heavy atom. The molecule has 0 saturated carbocycles.